The number of rotatable bonds is 3. The van der Waals surface area contributed by atoms with Crippen molar-refractivity contribution in [2.24, 2.45) is 11.8 Å². The Morgan fingerprint density at radius 2 is 1.57 bits per heavy atom. The molecule has 0 N–H and O–H groups in total. The van der Waals surface area contributed by atoms with E-state index in [9.17, 15) is 19.2 Å². The third-order valence-corrected chi connectivity index (χ3v) is 5.79. The molecule has 3 rings (SSSR count). The number of nitrogens with zero attached hydrogens (tertiary/aromatic N) is 3. The highest BCUT2D eigenvalue weighted by Crippen LogP contribution is 2.33. The minimum absolute atomic E-state index is 0.0404. The molecule has 0 saturated carbocycles. The number of fused-ring (bicyclic) bond motifs is 1. The summed E-state index contributed by atoms with van der Waals surface area (Å²) in [6, 6.07) is 1.42. The van der Waals surface area contributed by atoms with E-state index in [0.29, 0.717) is 43.0 Å². The zero-order chi connectivity index (χ0) is 22.4. The number of hydrogen-bond donors (Lipinski definition) is 0. The second kappa shape index (κ2) is 7.89. The van der Waals surface area contributed by atoms with Gasteiger partial charge in [-0.3, -0.25) is 14.4 Å². The molecule has 1 aromatic rings. The lowest BCUT2D eigenvalue weighted by Crippen LogP contribution is -2.39. The maximum atomic E-state index is 13.3. The van der Waals surface area contributed by atoms with Crippen LogP contribution in [0.15, 0.2) is 10.9 Å². The fourth-order valence-corrected chi connectivity index (χ4v) is 4.46. The summed E-state index contributed by atoms with van der Waals surface area (Å²) >= 11 is 0. The fourth-order valence-electron chi connectivity index (χ4n) is 4.46. The van der Waals surface area contributed by atoms with Crippen LogP contribution in [-0.2, 0) is 16.1 Å². The summed E-state index contributed by atoms with van der Waals surface area (Å²) in [6.07, 6.45) is -0.308. The second-order valence-corrected chi connectivity index (χ2v) is 9.53. The molecule has 0 aliphatic carbocycles. The molecule has 2 atom stereocenters. The molecule has 1 aromatic heterocycles. The summed E-state index contributed by atoms with van der Waals surface area (Å²) in [4.78, 5) is 53.0. The quantitative estimate of drug-likeness (QED) is 0.750. The predicted molar refractivity (Wildman–Crippen MR) is 112 cm³/mol. The van der Waals surface area contributed by atoms with E-state index in [4.69, 9.17) is 4.74 Å². The molecule has 8 nitrogen and oxygen atoms in total. The van der Waals surface area contributed by atoms with Crippen LogP contribution in [0.5, 0.6) is 0 Å². The molecule has 2 fully saturated rings. The summed E-state index contributed by atoms with van der Waals surface area (Å²) in [5, 5.41) is 0. The van der Waals surface area contributed by atoms with Gasteiger partial charge in [-0.25, -0.2) is 4.79 Å². The van der Waals surface area contributed by atoms with Crippen LogP contribution >= 0.6 is 0 Å². The maximum absolute atomic E-state index is 13.3. The number of carbonyl (C=O) groups excluding carboxylic acids is 3. The van der Waals surface area contributed by atoms with E-state index in [-0.39, 0.29) is 41.7 Å². The highest BCUT2D eigenvalue weighted by atomic mass is 16.6. The number of carbonyl (C=O) groups is 3. The molecule has 3 heterocycles. The van der Waals surface area contributed by atoms with E-state index in [2.05, 4.69) is 0 Å². The van der Waals surface area contributed by atoms with Crippen LogP contribution in [0.25, 0.3) is 0 Å². The van der Waals surface area contributed by atoms with Gasteiger partial charge in [0.15, 0.2) is 0 Å². The van der Waals surface area contributed by atoms with Crippen molar-refractivity contribution >= 4 is 17.8 Å². The Kier molecular flexibility index (Phi) is 5.80. The smallest absolute Gasteiger partial charge is 0.410 e. The van der Waals surface area contributed by atoms with E-state index in [1.807, 2.05) is 20.8 Å². The highest BCUT2D eigenvalue weighted by Gasteiger charge is 2.44. The van der Waals surface area contributed by atoms with Gasteiger partial charge in [0.05, 0.1) is 12.1 Å². The SMILES string of the molecule is CC(=O)Cn1c(C)c(C(=O)N2CC3CN(C(=O)OC(C)(C)C)CC3C2)c(C)cc1=O. The Hall–Kier alpha value is -2.64. The summed E-state index contributed by atoms with van der Waals surface area (Å²) in [5.74, 6) is 0.163. The first-order chi connectivity index (χ1) is 13.9. The van der Waals surface area contributed by atoms with Gasteiger partial charge in [-0.15, -0.1) is 0 Å². The van der Waals surface area contributed by atoms with Crippen molar-refractivity contribution in [2.75, 3.05) is 26.2 Å². The minimum atomic E-state index is -0.533. The molecule has 2 unspecified atom stereocenters. The number of aryl methyl sites for hydroxylation is 1. The summed E-state index contributed by atoms with van der Waals surface area (Å²) < 4.78 is 6.83. The Morgan fingerprint density at radius 1 is 1.03 bits per heavy atom. The lowest BCUT2D eigenvalue weighted by molar-refractivity contribution is -0.117. The maximum Gasteiger partial charge on any atom is 0.410 e. The number of Topliss-reactive ketones (excluding diaryl/α,β-unsaturated/α-hetero) is 1. The highest BCUT2D eigenvalue weighted by molar-refractivity contribution is 5.97. The Labute approximate surface area is 176 Å². The monoisotopic (exact) mass is 417 g/mol. The molecule has 164 valence electrons. The number of aromatic nitrogens is 1. The number of hydrogen-bond acceptors (Lipinski definition) is 5. The minimum Gasteiger partial charge on any atom is -0.444 e. The van der Waals surface area contributed by atoms with Gasteiger partial charge in [0.25, 0.3) is 11.5 Å². The van der Waals surface area contributed by atoms with E-state index in [1.165, 1.54) is 17.6 Å². The number of amides is 2. The standard InChI is InChI=1S/C22H31N3O5/c1-13-7-18(27)25(8-14(2)26)15(3)19(13)20(28)23-9-16-11-24(12-17(16)10-23)21(29)30-22(4,5)6/h7,16-17H,8-12H2,1-6H3. The summed E-state index contributed by atoms with van der Waals surface area (Å²) in [6.45, 7) is 12.7. The van der Waals surface area contributed by atoms with Crippen molar-refractivity contribution in [3.05, 3.63) is 33.2 Å². The van der Waals surface area contributed by atoms with Gasteiger partial charge in [0.1, 0.15) is 11.4 Å². The van der Waals surface area contributed by atoms with Crippen molar-refractivity contribution in [3.8, 4) is 0 Å². The van der Waals surface area contributed by atoms with Gasteiger partial charge >= 0.3 is 6.09 Å². The van der Waals surface area contributed by atoms with Crippen LogP contribution < -0.4 is 5.56 Å². The molecule has 2 amide bonds. The first-order valence-corrected chi connectivity index (χ1v) is 10.3. The molecule has 30 heavy (non-hydrogen) atoms. The van der Waals surface area contributed by atoms with Crippen LogP contribution in [0.2, 0.25) is 0 Å². The fraction of sp³-hybridized carbons (Fsp3) is 0.636. The van der Waals surface area contributed by atoms with E-state index < -0.39 is 5.60 Å². The van der Waals surface area contributed by atoms with Gasteiger partial charge in [-0.1, -0.05) is 0 Å². The van der Waals surface area contributed by atoms with Crippen molar-refractivity contribution in [1.82, 2.24) is 14.4 Å². The molecular weight excluding hydrogens is 386 g/mol. The Morgan fingerprint density at radius 3 is 2.07 bits per heavy atom. The topological polar surface area (TPSA) is 88.9 Å². The number of likely N-dealkylation sites (tertiary alicyclic amines) is 2. The summed E-state index contributed by atoms with van der Waals surface area (Å²) in [7, 11) is 0. The van der Waals surface area contributed by atoms with E-state index in [1.54, 1.807) is 23.6 Å². The lowest BCUT2D eigenvalue weighted by atomic mass is 10.0. The zero-order valence-electron chi connectivity index (χ0n) is 18.7. The van der Waals surface area contributed by atoms with E-state index >= 15 is 0 Å². The molecular formula is C22H31N3O5. The third kappa shape index (κ3) is 4.42. The Balaban J connectivity index is 1.74. The van der Waals surface area contributed by atoms with Crippen LogP contribution in [-0.4, -0.2) is 63.9 Å². The van der Waals surface area contributed by atoms with Crippen molar-refractivity contribution in [2.45, 2.75) is 53.7 Å². The van der Waals surface area contributed by atoms with E-state index in [0.717, 1.165) is 0 Å². The summed E-state index contributed by atoms with van der Waals surface area (Å²) in [5.41, 5.74) is 0.819. The van der Waals surface area contributed by atoms with Gasteiger partial charge < -0.3 is 19.1 Å². The number of ether oxygens (including phenoxy) is 1. The van der Waals surface area contributed by atoms with Crippen LogP contribution in [0, 0.1) is 25.7 Å². The first-order valence-electron chi connectivity index (χ1n) is 10.3. The molecule has 2 aliphatic heterocycles. The molecule has 0 spiro atoms. The molecule has 0 radical (unpaired) electrons. The molecule has 2 aliphatic rings. The normalized spacial score (nSPS) is 21.0. The number of pyridine rings is 1. The van der Waals surface area contributed by atoms with Crippen molar-refractivity contribution in [3.63, 3.8) is 0 Å². The predicted octanol–water partition coefficient (Wildman–Crippen LogP) is 1.99. The third-order valence-electron chi connectivity index (χ3n) is 5.79. The average Bonchev–Trinajstić information content (AvgIpc) is 3.15. The van der Waals surface area contributed by atoms with Crippen LogP contribution in [0.4, 0.5) is 4.79 Å². The van der Waals surface area contributed by atoms with Gasteiger partial charge in [0, 0.05) is 49.8 Å². The van der Waals surface area contributed by atoms with Gasteiger partial charge in [0.2, 0.25) is 0 Å². The Bertz CT molecular complexity index is 929. The van der Waals surface area contributed by atoms with Crippen LogP contribution in [0.1, 0.15) is 49.3 Å². The van der Waals surface area contributed by atoms with Gasteiger partial charge in [-0.05, 0) is 47.1 Å². The molecule has 8 heteroatoms. The van der Waals surface area contributed by atoms with Gasteiger partial charge in [-0.2, -0.15) is 0 Å². The molecule has 0 bridgehead atoms. The average molecular weight is 418 g/mol. The molecule has 0 aromatic carbocycles. The van der Waals surface area contributed by atoms with Crippen molar-refractivity contribution in [1.29, 1.82) is 0 Å². The largest absolute Gasteiger partial charge is 0.444 e. The lowest BCUT2D eigenvalue weighted by Gasteiger charge is -2.26. The zero-order valence-corrected chi connectivity index (χ0v) is 18.7. The first kappa shape index (κ1) is 22.1. The van der Waals surface area contributed by atoms with Crippen molar-refractivity contribution < 1.29 is 19.1 Å². The number of ketones is 1. The van der Waals surface area contributed by atoms with Crippen LogP contribution in [0.3, 0.4) is 0 Å². The second-order valence-electron chi connectivity index (χ2n) is 9.53. The molecule has 2 saturated heterocycles.